The lowest BCUT2D eigenvalue weighted by atomic mass is 9.67. The third-order valence-electron chi connectivity index (χ3n) is 4.10. The summed E-state index contributed by atoms with van der Waals surface area (Å²) in [6, 6.07) is 0. The van der Waals surface area contributed by atoms with Crippen molar-refractivity contribution >= 4 is 0 Å². The van der Waals surface area contributed by atoms with E-state index in [1.54, 1.807) is 0 Å². The van der Waals surface area contributed by atoms with Gasteiger partial charge >= 0.3 is 0 Å². The van der Waals surface area contributed by atoms with Crippen LogP contribution in [0, 0.1) is 17.8 Å². The van der Waals surface area contributed by atoms with Crippen LogP contribution in [-0.4, -0.2) is 24.4 Å². The zero-order valence-electron chi connectivity index (χ0n) is 9.82. The van der Waals surface area contributed by atoms with Gasteiger partial charge in [-0.25, -0.2) is 0 Å². The second-order valence-corrected chi connectivity index (χ2v) is 5.50. The van der Waals surface area contributed by atoms with E-state index in [4.69, 9.17) is 9.84 Å². The monoisotopic (exact) mass is 212 g/mol. The molecule has 88 valence electrons. The van der Waals surface area contributed by atoms with Crippen LogP contribution in [0.25, 0.3) is 0 Å². The van der Waals surface area contributed by atoms with Crippen molar-refractivity contribution in [2.24, 2.45) is 17.8 Å². The second kappa shape index (κ2) is 5.31. The van der Waals surface area contributed by atoms with E-state index in [-0.39, 0.29) is 6.61 Å². The second-order valence-electron chi connectivity index (χ2n) is 5.50. The van der Waals surface area contributed by atoms with Gasteiger partial charge in [-0.05, 0) is 56.3 Å². The van der Waals surface area contributed by atoms with Gasteiger partial charge < -0.3 is 9.84 Å². The number of fused-ring (bicyclic) bond motifs is 2. The van der Waals surface area contributed by atoms with Crippen LogP contribution in [0.15, 0.2) is 0 Å². The summed E-state index contributed by atoms with van der Waals surface area (Å²) in [5.74, 6) is 2.70. The molecule has 2 saturated carbocycles. The molecule has 15 heavy (non-hydrogen) atoms. The molecule has 2 aliphatic rings. The lowest BCUT2D eigenvalue weighted by Crippen LogP contribution is -2.37. The van der Waals surface area contributed by atoms with Crippen LogP contribution in [0.2, 0.25) is 0 Å². The number of hydrogen-bond acceptors (Lipinski definition) is 2. The molecule has 0 aromatic carbocycles. The number of hydrogen-bond donors (Lipinski definition) is 1. The van der Waals surface area contributed by atoms with Crippen LogP contribution in [0.1, 0.15) is 45.4 Å². The summed E-state index contributed by atoms with van der Waals surface area (Å²) >= 11 is 0. The molecule has 1 N–H and O–H groups in total. The molecule has 2 nitrogen and oxygen atoms in total. The van der Waals surface area contributed by atoms with Gasteiger partial charge in [-0.2, -0.15) is 0 Å². The van der Waals surface area contributed by atoms with Crippen LogP contribution < -0.4 is 0 Å². The molecule has 2 fully saturated rings. The van der Waals surface area contributed by atoms with Crippen molar-refractivity contribution in [2.75, 3.05) is 13.2 Å². The molecule has 0 amide bonds. The Morgan fingerprint density at radius 3 is 2.87 bits per heavy atom. The topological polar surface area (TPSA) is 29.5 Å². The highest BCUT2D eigenvalue weighted by Crippen LogP contribution is 2.43. The maximum atomic E-state index is 8.73. The van der Waals surface area contributed by atoms with Gasteiger partial charge in [0, 0.05) is 13.2 Å². The maximum absolute atomic E-state index is 8.73. The van der Waals surface area contributed by atoms with Gasteiger partial charge in [-0.3, -0.25) is 0 Å². The molecule has 0 aromatic rings. The fraction of sp³-hybridized carbons (Fsp3) is 1.00. The highest BCUT2D eigenvalue weighted by atomic mass is 16.5. The molecule has 4 atom stereocenters. The molecule has 2 heteroatoms. The standard InChI is InChI=1S/C13H24O2/c1-10-7-11-3-4-13(12(8-10)9-11)15-6-2-5-14/h10-14H,2-9H2,1H3. The van der Waals surface area contributed by atoms with Gasteiger partial charge in [-0.15, -0.1) is 0 Å². The summed E-state index contributed by atoms with van der Waals surface area (Å²) in [6.45, 7) is 3.39. The molecular weight excluding hydrogens is 188 g/mol. The minimum atomic E-state index is 0.260. The predicted octanol–water partition coefficient (Wildman–Crippen LogP) is 2.60. The van der Waals surface area contributed by atoms with Crippen molar-refractivity contribution in [1.29, 1.82) is 0 Å². The average molecular weight is 212 g/mol. The molecule has 2 bridgehead atoms. The van der Waals surface area contributed by atoms with E-state index in [9.17, 15) is 0 Å². The zero-order chi connectivity index (χ0) is 10.7. The number of rotatable bonds is 4. The van der Waals surface area contributed by atoms with Gasteiger partial charge in [0.15, 0.2) is 0 Å². The third kappa shape index (κ3) is 2.94. The van der Waals surface area contributed by atoms with Crippen molar-refractivity contribution < 1.29 is 9.84 Å². The first-order chi connectivity index (χ1) is 7.29. The van der Waals surface area contributed by atoms with Gasteiger partial charge in [0.05, 0.1) is 6.10 Å². The first kappa shape index (κ1) is 11.4. The SMILES string of the molecule is CC1CC2CCC(OCCCO)C(C1)C2. The molecule has 0 spiro atoms. The van der Waals surface area contributed by atoms with Crippen molar-refractivity contribution in [1.82, 2.24) is 0 Å². The summed E-state index contributed by atoms with van der Waals surface area (Å²) in [5.41, 5.74) is 0. The highest BCUT2D eigenvalue weighted by molar-refractivity contribution is 4.87. The minimum absolute atomic E-state index is 0.260. The molecule has 0 radical (unpaired) electrons. The van der Waals surface area contributed by atoms with Crippen molar-refractivity contribution in [3.8, 4) is 0 Å². The van der Waals surface area contributed by atoms with Crippen LogP contribution in [-0.2, 0) is 4.74 Å². The van der Waals surface area contributed by atoms with Gasteiger partial charge in [0.1, 0.15) is 0 Å². The van der Waals surface area contributed by atoms with E-state index in [1.165, 1.54) is 32.1 Å². The Bertz CT molecular complexity index is 191. The Kier molecular flexibility index (Phi) is 4.04. The Morgan fingerprint density at radius 1 is 1.20 bits per heavy atom. The van der Waals surface area contributed by atoms with Gasteiger partial charge in [0.25, 0.3) is 0 Å². The number of ether oxygens (including phenoxy) is 1. The molecule has 0 saturated heterocycles. The fourth-order valence-electron chi connectivity index (χ4n) is 3.50. The van der Waals surface area contributed by atoms with E-state index in [2.05, 4.69) is 6.92 Å². The van der Waals surface area contributed by atoms with Gasteiger partial charge in [0.2, 0.25) is 0 Å². The summed E-state index contributed by atoms with van der Waals surface area (Å²) in [5, 5.41) is 8.73. The van der Waals surface area contributed by atoms with E-state index >= 15 is 0 Å². The minimum Gasteiger partial charge on any atom is -0.396 e. The number of aliphatic hydroxyl groups excluding tert-OH is 1. The third-order valence-corrected chi connectivity index (χ3v) is 4.10. The lowest BCUT2D eigenvalue weighted by molar-refractivity contribution is -0.0506. The first-order valence-corrected chi connectivity index (χ1v) is 6.52. The largest absolute Gasteiger partial charge is 0.396 e. The fourth-order valence-corrected chi connectivity index (χ4v) is 3.50. The number of aliphatic hydroxyl groups is 1. The van der Waals surface area contributed by atoms with Crippen LogP contribution in [0.3, 0.4) is 0 Å². The highest BCUT2D eigenvalue weighted by Gasteiger charge is 2.36. The summed E-state index contributed by atoms with van der Waals surface area (Å²) in [7, 11) is 0. The van der Waals surface area contributed by atoms with E-state index in [1.807, 2.05) is 0 Å². The van der Waals surface area contributed by atoms with Crippen molar-refractivity contribution in [2.45, 2.75) is 51.6 Å². The molecule has 0 aliphatic heterocycles. The maximum Gasteiger partial charge on any atom is 0.0603 e. The normalized spacial score (nSPS) is 40.4. The van der Waals surface area contributed by atoms with Crippen molar-refractivity contribution in [3.63, 3.8) is 0 Å². The average Bonchev–Trinajstić information content (AvgIpc) is 2.21. The van der Waals surface area contributed by atoms with Crippen LogP contribution >= 0.6 is 0 Å². The Labute approximate surface area is 93.0 Å². The Hall–Kier alpha value is -0.0800. The molecule has 4 unspecified atom stereocenters. The van der Waals surface area contributed by atoms with E-state index in [0.29, 0.717) is 6.10 Å². The van der Waals surface area contributed by atoms with Crippen LogP contribution in [0.4, 0.5) is 0 Å². The Morgan fingerprint density at radius 2 is 2.07 bits per heavy atom. The molecular formula is C13H24O2. The summed E-state index contributed by atoms with van der Waals surface area (Å²) < 4.78 is 5.90. The molecule has 2 aliphatic carbocycles. The summed E-state index contributed by atoms with van der Waals surface area (Å²) in [4.78, 5) is 0. The molecule has 0 aromatic heterocycles. The summed E-state index contributed by atoms with van der Waals surface area (Å²) in [6.07, 6.45) is 8.12. The van der Waals surface area contributed by atoms with Crippen LogP contribution in [0.5, 0.6) is 0 Å². The predicted molar refractivity (Wildman–Crippen MR) is 60.7 cm³/mol. The first-order valence-electron chi connectivity index (χ1n) is 6.52. The quantitative estimate of drug-likeness (QED) is 0.726. The molecule has 2 rings (SSSR count). The zero-order valence-corrected chi connectivity index (χ0v) is 9.82. The van der Waals surface area contributed by atoms with E-state index in [0.717, 1.165) is 30.8 Å². The van der Waals surface area contributed by atoms with Gasteiger partial charge in [-0.1, -0.05) is 6.92 Å². The molecule has 0 heterocycles. The lowest BCUT2D eigenvalue weighted by Gasteiger charge is -2.42. The van der Waals surface area contributed by atoms with E-state index < -0.39 is 0 Å². The Balaban J connectivity index is 1.80. The van der Waals surface area contributed by atoms with Crippen molar-refractivity contribution in [3.05, 3.63) is 0 Å². The smallest absolute Gasteiger partial charge is 0.0603 e.